The highest BCUT2D eigenvalue weighted by molar-refractivity contribution is 9.10. The van der Waals surface area contributed by atoms with Crippen LogP contribution in [0.25, 0.3) is 10.2 Å². The molecular weight excluding hydrogens is 316 g/mol. The Hall–Kier alpha value is -1.73. The molecule has 3 rings (SSSR count). The third kappa shape index (κ3) is 2.02. The Morgan fingerprint density at radius 2 is 2.22 bits per heavy atom. The van der Waals surface area contributed by atoms with Gasteiger partial charge in [-0.1, -0.05) is 0 Å². The van der Waals surface area contributed by atoms with Crippen LogP contribution >= 0.6 is 27.3 Å². The lowest BCUT2D eigenvalue weighted by molar-refractivity contribution is 1.10. The normalized spacial score (nSPS) is 10.7. The van der Waals surface area contributed by atoms with E-state index in [-0.39, 0.29) is 5.56 Å². The molecule has 2 N–H and O–H groups in total. The summed E-state index contributed by atoms with van der Waals surface area (Å²) < 4.78 is 1.47. The van der Waals surface area contributed by atoms with E-state index in [0.717, 1.165) is 15.9 Å². The van der Waals surface area contributed by atoms with Crippen LogP contribution in [0.4, 0.5) is 11.5 Å². The molecule has 2 heterocycles. The Kier molecular flexibility index (Phi) is 2.85. The topological polar surface area (TPSA) is 70.7 Å². The number of nitrogens with one attached hydrogen (secondary N) is 2. The van der Waals surface area contributed by atoms with Gasteiger partial charge >= 0.3 is 0 Å². The SMILES string of the molecule is O=c1[nH]cnc(Nc2ccc3ncsc3c2)c1Br. The average Bonchev–Trinajstić information content (AvgIpc) is 2.82. The van der Waals surface area contributed by atoms with Gasteiger partial charge in [0.15, 0.2) is 5.82 Å². The highest BCUT2D eigenvalue weighted by Crippen LogP contribution is 2.25. The first-order valence-electron chi connectivity index (χ1n) is 5.07. The highest BCUT2D eigenvalue weighted by Gasteiger charge is 2.06. The molecule has 0 saturated carbocycles. The van der Waals surface area contributed by atoms with Crippen molar-refractivity contribution in [2.45, 2.75) is 0 Å². The molecule has 1 aromatic carbocycles. The van der Waals surface area contributed by atoms with Crippen LogP contribution in [0.1, 0.15) is 0 Å². The van der Waals surface area contributed by atoms with Gasteiger partial charge in [0.1, 0.15) is 4.47 Å². The fourth-order valence-electron chi connectivity index (χ4n) is 1.54. The van der Waals surface area contributed by atoms with Gasteiger partial charge in [-0.15, -0.1) is 11.3 Å². The minimum Gasteiger partial charge on any atom is -0.339 e. The Labute approximate surface area is 114 Å². The van der Waals surface area contributed by atoms with Crippen molar-refractivity contribution in [3.8, 4) is 0 Å². The predicted octanol–water partition coefficient (Wildman–Crippen LogP) is 2.89. The summed E-state index contributed by atoms with van der Waals surface area (Å²) in [6.07, 6.45) is 1.36. The third-order valence-corrected chi connectivity index (χ3v) is 3.92. The van der Waals surface area contributed by atoms with Crippen LogP contribution in [0, 0.1) is 0 Å². The molecule has 3 aromatic rings. The summed E-state index contributed by atoms with van der Waals surface area (Å²) in [7, 11) is 0. The number of aromatic nitrogens is 3. The van der Waals surface area contributed by atoms with Crippen LogP contribution in [-0.4, -0.2) is 15.0 Å². The number of halogens is 1. The first kappa shape index (κ1) is 11.4. The van der Waals surface area contributed by atoms with Gasteiger partial charge in [0.05, 0.1) is 22.1 Å². The van der Waals surface area contributed by atoms with Gasteiger partial charge in [0, 0.05) is 5.69 Å². The van der Waals surface area contributed by atoms with Gasteiger partial charge in [-0.3, -0.25) is 4.79 Å². The van der Waals surface area contributed by atoms with E-state index in [4.69, 9.17) is 0 Å². The van der Waals surface area contributed by atoms with E-state index in [2.05, 4.69) is 36.2 Å². The zero-order valence-electron chi connectivity index (χ0n) is 8.98. The lowest BCUT2D eigenvalue weighted by Gasteiger charge is -2.06. The number of anilines is 2. The minimum absolute atomic E-state index is 0.216. The fraction of sp³-hybridized carbons (Fsp3) is 0. The van der Waals surface area contributed by atoms with Crippen molar-refractivity contribution in [3.63, 3.8) is 0 Å². The number of rotatable bonds is 2. The Balaban J connectivity index is 2.00. The monoisotopic (exact) mass is 322 g/mol. The number of aromatic amines is 1. The van der Waals surface area contributed by atoms with E-state index in [9.17, 15) is 4.79 Å². The maximum atomic E-state index is 11.4. The Bertz CT molecular complexity index is 767. The van der Waals surface area contributed by atoms with Crippen molar-refractivity contribution in [1.29, 1.82) is 0 Å². The van der Waals surface area contributed by atoms with Gasteiger partial charge < -0.3 is 10.3 Å². The second-order valence-corrected chi connectivity index (χ2v) is 5.23. The molecule has 2 aromatic heterocycles. The number of nitrogens with zero attached hydrogens (tertiary/aromatic N) is 2. The summed E-state index contributed by atoms with van der Waals surface area (Å²) in [5, 5.41) is 3.10. The highest BCUT2D eigenvalue weighted by atomic mass is 79.9. The number of H-pyrrole nitrogens is 1. The second-order valence-electron chi connectivity index (χ2n) is 3.55. The minimum atomic E-state index is -0.216. The molecular formula is C11H7BrN4OS. The van der Waals surface area contributed by atoms with Gasteiger partial charge in [0.25, 0.3) is 5.56 Å². The molecule has 0 aliphatic carbocycles. The van der Waals surface area contributed by atoms with Crippen molar-refractivity contribution >= 4 is 49.0 Å². The molecule has 90 valence electrons. The first-order valence-corrected chi connectivity index (χ1v) is 6.75. The third-order valence-electron chi connectivity index (χ3n) is 2.39. The van der Waals surface area contributed by atoms with Crippen molar-refractivity contribution in [1.82, 2.24) is 15.0 Å². The van der Waals surface area contributed by atoms with Crippen molar-refractivity contribution in [2.75, 3.05) is 5.32 Å². The fourth-order valence-corrected chi connectivity index (χ4v) is 2.57. The molecule has 0 aliphatic rings. The maximum Gasteiger partial charge on any atom is 0.267 e. The van der Waals surface area contributed by atoms with E-state index < -0.39 is 0 Å². The quantitative estimate of drug-likeness (QED) is 0.761. The summed E-state index contributed by atoms with van der Waals surface area (Å²) in [4.78, 5) is 22.2. The Morgan fingerprint density at radius 1 is 1.33 bits per heavy atom. The standard InChI is InChI=1S/C11H7BrN4OS/c12-9-10(13-4-14-11(9)17)16-6-1-2-7-8(3-6)18-5-15-7/h1-5H,(H2,13,14,16,17). The first-order chi connectivity index (χ1) is 8.74. The molecule has 5 nitrogen and oxygen atoms in total. The van der Waals surface area contributed by atoms with E-state index in [1.54, 1.807) is 16.8 Å². The van der Waals surface area contributed by atoms with Crippen LogP contribution in [0.3, 0.4) is 0 Å². The number of thiazole rings is 1. The lowest BCUT2D eigenvalue weighted by Crippen LogP contribution is -2.09. The summed E-state index contributed by atoms with van der Waals surface area (Å²) in [6.45, 7) is 0. The second kappa shape index (κ2) is 4.51. The number of fused-ring (bicyclic) bond motifs is 1. The smallest absolute Gasteiger partial charge is 0.267 e. The lowest BCUT2D eigenvalue weighted by atomic mass is 10.3. The summed E-state index contributed by atoms with van der Waals surface area (Å²) in [6, 6.07) is 5.80. The summed E-state index contributed by atoms with van der Waals surface area (Å²) in [5.74, 6) is 0.489. The van der Waals surface area contributed by atoms with Gasteiger partial charge in [-0.25, -0.2) is 9.97 Å². The van der Waals surface area contributed by atoms with Gasteiger partial charge in [-0.05, 0) is 34.1 Å². The van der Waals surface area contributed by atoms with E-state index >= 15 is 0 Å². The summed E-state index contributed by atoms with van der Waals surface area (Å²) >= 11 is 4.77. The predicted molar refractivity (Wildman–Crippen MR) is 75.5 cm³/mol. The van der Waals surface area contributed by atoms with Crippen LogP contribution in [0.5, 0.6) is 0 Å². The van der Waals surface area contributed by atoms with E-state index in [0.29, 0.717) is 10.3 Å². The van der Waals surface area contributed by atoms with Crippen molar-refractivity contribution in [3.05, 3.63) is 44.9 Å². The van der Waals surface area contributed by atoms with Crippen LogP contribution < -0.4 is 10.9 Å². The van der Waals surface area contributed by atoms with Crippen LogP contribution in [0.15, 0.2) is 39.3 Å². The average molecular weight is 323 g/mol. The molecule has 0 radical (unpaired) electrons. The van der Waals surface area contributed by atoms with Crippen LogP contribution in [0.2, 0.25) is 0 Å². The molecule has 7 heteroatoms. The van der Waals surface area contributed by atoms with E-state index in [1.165, 1.54) is 6.33 Å². The molecule has 0 amide bonds. The molecule has 0 saturated heterocycles. The molecule has 0 spiro atoms. The largest absolute Gasteiger partial charge is 0.339 e. The van der Waals surface area contributed by atoms with Crippen molar-refractivity contribution in [2.24, 2.45) is 0 Å². The molecule has 0 fully saturated rings. The molecule has 0 bridgehead atoms. The molecule has 0 unspecified atom stereocenters. The number of benzene rings is 1. The molecule has 0 atom stereocenters. The summed E-state index contributed by atoms with van der Waals surface area (Å²) in [5.41, 5.74) is 3.41. The number of hydrogen-bond donors (Lipinski definition) is 2. The Morgan fingerprint density at radius 3 is 3.11 bits per heavy atom. The zero-order chi connectivity index (χ0) is 12.5. The van der Waals surface area contributed by atoms with Crippen molar-refractivity contribution < 1.29 is 0 Å². The van der Waals surface area contributed by atoms with Gasteiger partial charge in [-0.2, -0.15) is 0 Å². The van der Waals surface area contributed by atoms with Gasteiger partial charge in [0.2, 0.25) is 0 Å². The molecule has 0 aliphatic heterocycles. The zero-order valence-corrected chi connectivity index (χ0v) is 11.4. The number of hydrogen-bond acceptors (Lipinski definition) is 5. The molecule has 18 heavy (non-hydrogen) atoms. The van der Waals surface area contributed by atoms with Crippen LogP contribution in [-0.2, 0) is 0 Å². The van der Waals surface area contributed by atoms with E-state index in [1.807, 2.05) is 18.2 Å². The maximum absolute atomic E-state index is 11.4.